The van der Waals surface area contributed by atoms with Crippen molar-refractivity contribution in [1.29, 1.82) is 0 Å². The Morgan fingerprint density at radius 2 is 1.90 bits per heavy atom. The maximum Gasteiger partial charge on any atom is 0.310 e. The van der Waals surface area contributed by atoms with Gasteiger partial charge in [0.05, 0.1) is 29.6 Å². The van der Waals surface area contributed by atoms with Gasteiger partial charge in [-0.05, 0) is 33.7 Å². The summed E-state index contributed by atoms with van der Waals surface area (Å²) in [6.45, 7) is 8.64. The maximum atomic E-state index is 12.2. The van der Waals surface area contributed by atoms with E-state index < -0.39 is 26.5 Å². The highest BCUT2D eigenvalue weighted by Gasteiger charge is 2.38. The van der Waals surface area contributed by atoms with Crippen LogP contribution in [0.4, 0.5) is 0 Å². The van der Waals surface area contributed by atoms with Gasteiger partial charge in [0, 0.05) is 12.6 Å². The van der Waals surface area contributed by atoms with Crippen LogP contribution in [0.5, 0.6) is 0 Å². The van der Waals surface area contributed by atoms with Gasteiger partial charge >= 0.3 is 5.97 Å². The molecule has 0 aromatic carbocycles. The van der Waals surface area contributed by atoms with Crippen LogP contribution in [0.1, 0.15) is 34.1 Å². The van der Waals surface area contributed by atoms with E-state index in [4.69, 9.17) is 4.74 Å². The molecule has 7 heteroatoms. The summed E-state index contributed by atoms with van der Waals surface area (Å²) in [5.41, 5.74) is 0. The third-order valence-electron chi connectivity index (χ3n) is 3.93. The molecule has 1 fully saturated rings. The molecule has 1 rings (SSSR count). The molecular weight excluding hydrogens is 294 g/mol. The average molecular weight is 321 g/mol. The molecule has 6 nitrogen and oxygen atoms in total. The SMILES string of the molecule is CCCN(CCS(=O)(=O)C(C)(C)C)C1COCC1C(=O)O. The van der Waals surface area contributed by atoms with E-state index in [1.165, 1.54) is 0 Å². The Labute approximate surface area is 127 Å². The summed E-state index contributed by atoms with van der Waals surface area (Å²) in [4.78, 5) is 13.2. The van der Waals surface area contributed by atoms with Crippen molar-refractivity contribution in [3.63, 3.8) is 0 Å². The van der Waals surface area contributed by atoms with Gasteiger partial charge in [-0.25, -0.2) is 8.42 Å². The van der Waals surface area contributed by atoms with Crippen molar-refractivity contribution in [3.8, 4) is 0 Å². The number of nitrogens with zero attached hydrogens (tertiary/aromatic N) is 1. The molecule has 21 heavy (non-hydrogen) atoms. The van der Waals surface area contributed by atoms with Crippen molar-refractivity contribution in [2.45, 2.75) is 44.9 Å². The van der Waals surface area contributed by atoms with Gasteiger partial charge in [-0.2, -0.15) is 0 Å². The standard InChI is InChI=1S/C14H27NO5S/c1-5-6-15(7-8-21(18,19)14(2,3)4)12-10-20-9-11(12)13(16)17/h11-12H,5-10H2,1-4H3,(H,16,17). The molecule has 0 spiro atoms. The van der Waals surface area contributed by atoms with Gasteiger partial charge in [0.15, 0.2) is 9.84 Å². The maximum absolute atomic E-state index is 12.2. The first kappa shape index (κ1) is 18.4. The van der Waals surface area contributed by atoms with Crippen LogP contribution in [0.25, 0.3) is 0 Å². The zero-order chi connectivity index (χ0) is 16.3. The summed E-state index contributed by atoms with van der Waals surface area (Å²) < 4.78 is 28.9. The van der Waals surface area contributed by atoms with Crippen LogP contribution in [-0.4, -0.2) is 67.2 Å². The van der Waals surface area contributed by atoms with Crippen LogP contribution in [0, 0.1) is 5.92 Å². The zero-order valence-electron chi connectivity index (χ0n) is 13.3. The summed E-state index contributed by atoms with van der Waals surface area (Å²) in [7, 11) is -3.21. The minimum atomic E-state index is -3.21. The lowest BCUT2D eigenvalue weighted by Gasteiger charge is -2.31. The Balaban J connectivity index is 2.77. The molecule has 2 unspecified atom stereocenters. The number of ether oxygens (including phenoxy) is 1. The van der Waals surface area contributed by atoms with Crippen LogP contribution in [0.15, 0.2) is 0 Å². The monoisotopic (exact) mass is 321 g/mol. The van der Waals surface area contributed by atoms with Gasteiger partial charge in [-0.15, -0.1) is 0 Å². The fourth-order valence-corrected chi connectivity index (χ4v) is 3.50. The van der Waals surface area contributed by atoms with Crippen LogP contribution in [0.2, 0.25) is 0 Å². The smallest absolute Gasteiger partial charge is 0.310 e. The van der Waals surface area contributed by atoms with Gasteiger partial charge in [0.25, 0.3) is 0 Å². The molecule has 0 aromatic rings. The second-order valence-corrected chi connectivity index (χ2v) is 9.38. The zero-order valence-corrected chi connectivity index (χ0v) is 14.1. The highest BCUT2D eigenvalue weighted by atomic mass is 32.2. The molecule has 1 aliphatic heterocycles. The van der Waals surface area contributed by atoms with E-state index in [0.717, 1.165) is 6.42 Å². The van der Waals surface area contributed by atoms with Crippen molar-refractivity contribution in [1.82, 2.24) is 4.90 Å². The number of carboxylic acid groups (broad SMARTS) is 1. The Bertz CT molecular complexity index is 454. The lowest BCUT2D eigenvalue weighted by atomic mass is 10.0. The highest BCUT2D eigenvalue weighted by Crippen LogP contribution is 2.22. The van der Waals surface area contributed by atoms with Crippen molar-refractivity contribution in [3.05, 3.63) is 0 Å². The third-order valence-corrected chi connectivity index (χ3v) is 6.51. The predicted octanol–water partition coefficient (Wildman–Crippen LogP) is 1.01. The lowest BCUT2D eigenvalue weighted by Crippen LogP contribution is -2.46. The van der Waals surface area contributed by atoms with E-state index in [0.29, 0.717) is 19.7 Å². The van der Waals surface area contributed by atoms with Gasteiger partial charge in [-0.3, -0.25) is 9.69 Å². The van der Waals surface area contributed by atoms with Gasteiger partial charge in [0.2, 0.25) is 0 Å². The van der Waals surface area contributed by atoms with E-state index in [1.54, 1.807) is 20.8 Å². The first-order valence-electron chi connectivity index (χ1n) is 7.37. The first-order chi connectivity index (χ1) is 9.60. The average Bonchev–Trinajstić information content (AvgIpc) is 2.82. The lowest BCUT2D eigenvalue weighted by molar-refractivity contribution is -0.143. The summed E-state index contributed by atoms with van der Waals surface area (Å²) in [6, 6.07) is -0.238. The molecule has 0 amide bonds. The number of rotatable bonds is 7. The van der Waals surface area contributed by atoms with E-state index >= 15 is 0 Å². The number of sulfone groups is 1. The quantitative estimate of drug-likeness (QED) is 0.753. The minimum absolute atomic E-state index is 0.0410. The summed E-state index contributed by atoms with van der Waals surface area (Å²) in [6.07, 6.45) is 0.846. The third kappa shape index (κ3) is 4.66. The van der Waals surface area contributed by atoms with Crippen LogP contribution in [-0.2, 0) is 19.4 Å². The predicted molar refractivity (Wildman–Crippen MR) is 81.1 cm³/mol. The molecular formula is C14H27NO5S. The van der Waals surface area contributed by atoms with Crippen molar-refractivity contribution in [2.75, 3.05) is 32.1 Å². The Morgan fingerprint density at radius 3 is 2.38 bits per heavy atom. The molecule has 1 N–H and O–H groups in total. The molecule has 2 atom stereocenters. The van der Waals surface area contributed by atoms with E-state index in [-0.39, 0.29) is 18.4 Å². The number of hydrogen-bond acceptors (Lipinski definition) is 5. The molecule has 0 aromatic heterocycles. The normalized spacial score (nSPS) is 23.7. The van der Waals surface area contributed by atoms with Gasteiger partial charge < -0.3 is 9.84 Å². The number of hydrogen-bond donors (Lipinski definition) is 1. The molecule has 1 aliphatic rings. The molecule has 1 heterocycles. The van der Waals surface area contributed by atoms with Crippen molar-refractivity contribution >= 4 is 15.8 Å². The second kappa shape index (κ2) is 7.07. The van der Waals surface area contributed by atoms with Crippen LogP contribution in [0.3, 0.4) is 0 Å². The molecule has 0 radical (unpaired) electrons. The second-order valence-electron chi connectivity index (χ2n) is 6.52. The Kier molecular flexibility index (Phi) is 6.19. The molecule has 0 bridgehead atoms. The summed E-state index contributed by atoms with van der Waals surface area (Å²) in [5.74, 6) is -1.41. The largest absolute Gasteiger partial charge is 0.481 e. The highest BCUT2D eigenvalue weighted by molar-refractivity contribution is 7.92. The number of carbonyl (C=O) groups is 1. The summed E-state index contributed by atoms with van der Waals surface area (Å²) >= 11 is 0. The molecule has 0 aliphatic carbocycles. The van der Waals surface area contributed by atoms with Crippen LogP contribution < -0.4 is 0 Å². The fraction of sp³-hybridized carbons (Fsp3) is 0.929. The van der Waals surface area contributed by atoms with E-state index in [9.17, 15) is 18.3 Å². The van der Waals surface area contributed by atoms with E-state index in [1.807, 2.05) is 11.8 Å². The van der Waals surface area contributed by atoms with Crippen LogP contribution >= 0.6 is 0 Å². The number of aliphatic carboxylic acids is 1. The Hall–Kier alpha value is -0.660. The van der Waals surface area contributed by atoms with E-state index in [2.05, 4.69) is 0 Å². The van der Waals surface area contributed by atoms with Gasteiger partial charge in [-0.1, -0.05) is 6.92 Å². The summed E-state index contributed by atoms with van der Waals surface area (Å²) in [5, 5.41) is 9.23. The van der Waals surface area contributed by atoms with Gasteiger partial charge in [0.1, 0.15) is 0 Å². The fourth-order valence-electron chi connectivity index (χ4n) is 2.41. The van der Waals surface area contributed by atoms with Crippen molar-refractivity contribution in [2.24, 2.45) is 5.92 Å². The topological polar surface area (TPSA) is 83.9 Å². The number of carboxylic acids is 1. The van der Waals surface area contributed by atoms with Crippen molar-refractivity contribution < 1.29 is 23.1 Å². The minimum Gasteiger partial charge on any atom is -0.481 e. The first-order valence-corrected chi connectivity index (χ1v) is 9.02. The Morgan fingerprint density at radius 1 is 1.29 bits per heavy atom. The molecule has 1 saturated heterocycles. The molecule has 0 saturated carbocycles. The molecule has 124 valence electrons.